The van der Waals surface area contributed by atoms with Crippen LogP contribution in [-0.2, 0) is 23.7 Å². The number of para-hydroxylation sites is 1. The van der Waals surface area contributed by atoms with Crippen LogP contribution >= 0.6 is 0 Å². The zero-order chi connectivity index (χ0) is 37.6. The highest BCUT2D eigenvalue weighted by molar-refractivity contribution is 6.48. The van der Waals surface area contributed by atoms with Gasteiger partial charge in [0.25, 0.3) is 5.96 Å². The summed E-state index contributed by atoms with van der Waals surface area (Å²) in [5.74, 6) is -0.281. The van der Waals surface area contributed by atoms with E-state index >= 15 is 0 Å². The number of aliphatic imine (C=N–C) groups is 1. The molecule has 0 unspecified atom stereocenters. The average molecular weight is 725 g/mol. The van der Waals surface area contributed by atoms with Crippen molar-refractivity contribution < 1.29 is 28.7 Å². The third-order valence-corrected chi connectivity index (χ3v) is 11.7. The van der Waals surface area contributed by atoms with Crippen molar-refractivity contribution >= 4 is 36.5 Å². The topological polar surface area (TPSA) is 194 Å². The first kappa shape index (κ1) is 39.3. The van der Waals surface area contributed by atoms with Crippen LogP contribution in [0.25, 0.3) is 0 Å². The fraction of sp³-hybridized carbons (Fsp3) is 0.722. The minimum Gasteiger partial charge on any atom is -0.404 e. The Morgan fingerprint density at radius 3 is 2.42 bits per heavy atom. The second kappa shape index (κ2) is 16.8. The van der Waals surface area contributed by atoms with E-state index in [0.29, 0.717) is 44.2 Å². The molecule has 286 valence electrons. The Labute approximate surface area is 307 Å². The highest BCUT2D eigenvalue weighted by Crippen LogP contribution is 2.65. The number of nitro groups is 1. The molecule has 6 atom stereocenters. The molecule has 5 fully saturated rings. The van der Waals surface area contributed by atoms with Crippen LogP contribution < -0.4 is 26.7 Å². The molecule has 6 rings (SSSR count). The van der Waals surface area contributed by atoms with Crippen molar-refractivity contribution in [1.29, 1.82) is 0 Å². The first-order valence-corrected chi connectivity index (χ1v) is 18.9. The Bertz CT molecular complexity index is 1460. The summed E-state index contributed by atoms with van der Waals surface area (Å²) in [6.45, 7) is 13.8. The van der Waals surface area contributed by atoms with Crippen LogP contribution in [0.2, 0.25) is 0 Å². The number of amides is 3. The van der Waals surface area contributed by atoms with Gasteiger partial charge in [-0.2, -0.15) is 0 Å². The Kier molecular flexibility index (Phi) is 12.7. The molecule has 5 aliphatic rings. The highest BCUT2D eigenvalue weighted by atomic mass is 16.7. The summed E-state index contributed by atoms with van der Waals surface area (Å²) >= 11 is 0. The number of nitrogens with one attached hydrogen (secondary N) is 3. The third-order valence-electron chi connectivity index (χ3n) is 11.7. The SMILES string of the molecule is CC(C)C[C@H](NC(=O)[C@H](CCCN=C(N)N[N+](=O)[O-])NC(=O)CCCC(=O)N1CCN(c2ccccc2)CC1)B1O[C@@H]2C[C@H]3C[C@H](C3(C)C)[C@]2(C)O1. The molecule has 2 bridgehead atoms. The molecule has 3 amide bonds. The van der Waals surface area contributed by atoms with E-state index in [-0.39, 0.29) is 66.9 Å². The van der Waals surface area contributed by atoms with Crippen LogP contribution in [0.3, 0.4) is 0 Å². The summed E-state index contributed by atoms with van der Waals surface area (Å²) in [4.78, 5) is 58.8. The zero-order valence-electron chi connectivity index (χ0n) is 31.3. The molecule has 16 heteroatoms. The lowest BCUT2D eigenvalue weighted by molar-refractivity contribution is -0.525. The number of carbonyl (C=O) groups excluding carboxylic acids is 3. The Morgan fingerprint density at radius 2 is 1.77 bits per heavy atom. The predicted molar refractivity (Wildman–Crippen MR) is 198 cm³/mol. The number of carbonyl (C=O) groups is 3. The number of hydrogen-bond acceptors (Lipinski definition) is 9. The van der Waals surface area contributed by atoms with Gasteiger partial charge >= 0.3 is 7.12 Å². The number of benzene rings is 1. The number of hydrogen-bond donors (Lipinski definition) is 4. The van der Waals surface area contributed by atoms with E-state index < -0.39 is 29.7 Å². The van der Waals surface area contributed by atoms with E-state index in [1.54, 1.807) is 5.43 Å². The molecule has 2 saturated heterocycles. The molecule has 3 saturated carbocycles. The van der Waals surface area contributed by atoms with Gasteiger partial charge in [0.1, 0.15) is 6.04 Å². The van der Waals surface area contributed by atoms with E-state index in [2.05, 4.69) is 67.3 Å². The molecule has 5 N–H and O–H groups in total. The fourth-order valence-corrected chi connectivity index (χ4v) is 8.67. The number of hydrazine groups is 1. The highest BCUT2D eigenvalue weighted by Gasteiger charge is 2.68. The van der Waals surface area contributed by atoms with Crippen LogP contribution in [0.15, 0.2) is 35.3 Å². The van der Waals surface area contributed by atoms with Crippen LogP contribution in [0.4, 0.5) is 5.69 Å². The summed E-state index contributed by atoms with van der Waals surface area (Å²) in [6, 6.07) is 9.21. The Balaban J connectivity index is 1.16. The first-order valence-electron chi connectivity index (χ1n) is 18.9. The molecule has 15 nitrogen and oxygen atoms in total. The second-order valence-electron chi connectivity index (χ2n) is 16.0. The summed E-state index contributed by atoms with van der Waals surface area (Å²) in [6.07, 6.45) is 3.84. The quantitative estimate of drug-likeness (QED) is 0.0492. The number of anilines is 1. The molecular formula is C36H57BN8O7. The van der Waals surface area contributed by atoms with Gasteiger partial charge in [0.05, 0.1) is 17.6 Å². The molecule has 0 aromatic heterocycles. The van der Waals surface area contributed by atoms with E-state index in [1.165, 1.54) is 0 Å². The minimum atomic E-state index is -0.908. The first-order chi connectivity index (χ1) is 24.7. The molecule has 0 spiro atoms. The third kappa shape index (κ3) is 9.35. The second-order valence-corrected chi connectivity index (χ2v) is 16.0. The smallest absolute Gasteiger partial charge is 0.404 e. The van der Waals surface area contributed by atoms with Crippen LogP contribution in [0.1, 0.15) is 86.0 Å². The summed E-state index contributed by atoms with van der Waals surface area (Å²) in [7, 11) is -0.619. The van der Waals surface area contributed by atoms with Crippen molar-refractivity contribution in [2.24, 2.45) is 33.9 Å². The summed E-state index contributed by atoms with van der Waals surface area (Å²) in [5.41, 5.74) is 8.25. The van der Waals surface area contributed by atoms with Gasteiger partial charge in [0.15, 0.2) is 5.03 Å². The monoisotopic (exact) mass is 724 g/mol. The Morgan fingerprint density at radius 1 is 1.06 bits per heavy atom. The molecule has 1 aromatic carbocycles. The van der Waals surface area contributed by atoms with Gasteiger partial charge in [-0.1, -0.05) is 51.3 Å². The lowest BCUT2D eigenvalue weighted by Gasteiger charge is -2.64. The van der Waals surface area contributed by atoms with Crippen molar-refractivity contribution in [2.75, 3.05) is 37.6 Å². The van der Waals surface area contributed by atoms with Gasteiger partial charge in [-0.25, -0.2) is 15.1 Å². The van der Waals surface area contributed by atoms with E-state index in [9.17, 15) is 24.5 Å². The largest absolute Gasteiger partial charge is 0.481 e. The number of nitrogens with zero attached hydrogens (tertiary/aromatic N) is 4. The average Bonchev–Trinajstić information content (AvgIpc) is 3.46. The molecule has 52 heavy (non-hydrogen) atoms. The van der Waals surface area contributed by atoms with E-state index in [1.807, 2.05) is 23.1 Å². The Hall–Kier alpha value is -3.92. The van der Waals surface area contributed by atoms with Crippen LogP contribution in [0.5, 0.6) is 0 Å². The maximum Gasteiger partial charge on any atom is 0.481 e. The number of rotatable bonds is 16. The number of piperazine rings is 1. The zero-order valence-corrected chi connectivity index (χ0v) is 31.3. The number of guanidine groups is 1. The molecular weight excluding hydrogens is 667 g/mol. The molecule has 2 heterocycles. The fourth-order valence-electron chi connectivity index (χ4n) is 8.67. The van der Waals surface area contributed by atoms with E-state index in [4.69, 9.17) is 15.0 Å². The molecule has 3 aliphatic carbocycles. The van der Waals surface area contributed by atoms with Crippen molar-refractivity contribution in [3.05, 3.63) is 40.4 Å². The van der Waals surface area contributed by atoms with Gasteiger partial charge in [0, 0.05) is 51.3 Å². The van der Waals surface area contributed by atoms with Crippen molar-refractivity contribution in [3.63, 3.8) is 0 Å². The lowest BCUT2D eigenvalue weighted by Crippen LogP contribution is -2.65. The minimum absolute atomic E-state index is 0.0110. The van der Waals surface area contributed by atoms with Crippen LogP contribution in [0, 0.1) is 33.3 Å². The van der Waals surface area contributed by atoms with Gasteiger partial charge in [0.2, 0.25) is 17.7 Å². The summed E-state index contributed by atoms with van der Waals surface area (Å²) in [5, 5.41) is 15.9. The van der Waals surface area contributed by atoms with Crippen molar-refractivity contribution in [2.45, 2.75) is 110 Å². The van der Waals surface area contributed by atoms with Gasteiger partial charge in [-0.15, -0.1) is 0 Å². The lowest BCUT2D eigenvalue weighted by atomic mass is 9.43. The summed E-state index contributed by atoms with van der Waals surface area (Å²) < 4.78 is 13.3. The van der Waals surface area contributed by atoms with Gasteiger partial charge < -0.3 is 35.5 Å². The number of nitrogens with two attached hydrogens (primary N) is 1. The standard InChI is InChI=1S/C36H57BN8O7/c1-24(2)21-30(37-51-29-23-25-22-28(35(25,3)4)36(29,5)52-37)41-33(48)27(13-10-16-39-34(38)42-45(49)50)40-31(46)14-9-15-32(47)44-19-17-43(18-20-44)26-11-7-6-8-12-26/h6-8,11-12,24-25,27-30H,9-10,13-23H2,1-5H3,(H,40,46)(H,41,48)(H3,38,39,42)/t25-,27+,28-,29-,30+,36+/m1/s1. The molecule has 0 radical (unpaired) electrons. The normalized spacial score (nSPS) is 26.2. The maximum absolute atomic E-state index is 13.9. The van der Waals surface area contributed by atoms with E-state index in [0.717, 1.165) is 31.6 Å². The molecule has 1 aromatic rings. The van der Waals surface area contributed by atoms with Gasteiger partial charge in [-0.05, 0) is 80.8 Å². The maximum atomic E-state index is 13.9. The molecule has 2 aliphatic heterocycles. The van der Waals surface area contributed by atoms with Crippen molar-refractivity contribution in [1.82, 2.24) is 21.0 Å². The van der Waals surface area contributed by atoms with Gasteiger partial charge in [-0.3, -0.25) is 14.4 Å². The van der Waals surface area contributed by atoms with Crippen LogP contribution in [-0.4, -0.2) is 97.1 Å². The van der Waals surface area contributed by atoms with Crippen molar-refractivity contribution in [3.8, 4) is 0 Å². The predicted octanol–water partition coefficient (Wildman–Crippen LogP) is 2.66.